The number of ether oxygens (including phenoxy) is 1. The summed E-state index contributed by atoms with van der Waals surface area (Å²) in [4.78, 5) is 17.0. The van der Waals surface area contributed by atoms with Crippen molar-refractivity contribution in [2.75, 3.05) is 18.2 Å². The zero-order chi connectivity index (χ0) is 22.0. The van der Waals surface area contributed by atoms with Crippen LogP contribution >= 0.6 is 11.8 Å². The van der Waals surface area contributed by atoms with Crippen molar-refractivity contribution in [1.82, 2.24) is 19.7 Å². The molecule has 2 aromatic heterocycles. The summed E-state index contributed by atoms with van der Waals surface area (Å²) in [5, 5.41) is 11.6. The minimum atomic E-state index is -0.182. The average Bonchev–Trinajstić information content (AvgIpc) is 3.39. The molecule has 0 saturated carbocycles. The van der Waals surface area contributed by atoms with E-state index in [2.05, 4.69) is 20.5 Å². The van der Waals surface area contributed by atoms with E-state index in [1.54, 1.807) is 13.4 Å². The third-order valence-electron chi connectivity index (χ3n) is 4.51. The lowest BCUT2D eigenvalue weighted by atomic mass is 9.97. The molecule has 0 bridgehead atoms. The summed E-state index contributed by atoms with van der Waals surface area (Å²) in [7, 11) is 1.62. The molecule has 31 heavy (non-hydrogen) atoms. The van der Waals surface area contributed by atoms with Crippen molar-refractivity contribution in [2.24, 2.45) is 0 Å². The molecule has 0 aliphatic carbocycles. The highest BCUT2D eigenvalue weighted by atomic mass is 32.2. The maximum absolute atomic E-state index is 12.5. The molecule has 0 atom stereocenters. The van der Waals surface area contributed by atoms with Crippen LogP contribution in [0.3, 0.4) is 0 Å². The van der Waals surface area contributed by atoms with Gasteiger partial charge in [0.25, 0.3) is 0 Å². The first kappa shape index (κ1) is 20.9. The largest absolute Gasteiger partial charge is 0.497 e. The maximum Gasteiger partial charge on any atom is 0.234 e. The molecule has 4 rings (SSSR count). The average molecular weight is 438 g/mol. The Morgan fingerprint density at radius 3 is 2.68 bits per heavy atom. The monoisotopic (exact) mass is 437 g/mol. The van der Waals surface area contributed by atoms with Crippen LogP contribution in [0.1, 0.15) is 26.7 Å². The number of benzene rings is 2. The highest BCUT2D eigenvalue weighted by molar-refractivity contribution is 7.99. The number of amides is 1. The Balaban J connectivity index is 1.41. The fourth-order valence-corrected chi connectivity index (χ4v) is 3.62. The smallest absolute Gasteiger partial charge is 0.234 e. The molecule has 4 aromatic rings. The molecular formula is C22H23N5O3S. The standard InChI is InChI=1S/C22H23N5O3S/c1-22(2,3)20-25-17-11-14(5-10-18(17)30-20)24-19(28)12-31-21-26-23-13-27(21)15-6-8-16(29-4)9-7-15/h5-11,13H,12H2,1-4H3,(H,24,28). The normalized spacial score (nSPS) is 11.6. The first-order chi connectivity index (χ1) is 14.8. The topological polar surface area (TPSA) is 95.1 Å². The fourth-order valence-electron chi connectivity index (χ4n) is 2.90. The fraction of sp³-hybridized carbons (Fsp3) is 0.273. The number of anilines is 1. The molecule has 0 unspecified atom stereocenters. The number of rotatable bonds is 6. The van der Waals surface area contributed by atoms with Gasteiger partial charge in [-0.25, -0.2) is 4.98 Å². The van der Waals surface area contributed by atoms with E-state index in [-0.39, 0.29) is 17.1 Å². The molecule has 8 nitrogen and oxygen atoms in total. The van der Waals surface area contributed by atoms with Crippen molar-refractivity contribution in [2.45, 2.75) is 31.3 Å². The predicted molar refractivity (Wildman–Crippen MR) is 120 cm³/mol. The number of fused-ring (bicyclic) bond motifs is 1. The SMILES string of the molecule is COc1ccc(-n2cnnc2SCC(=O)Nc2ccc3oc(C(C)(C)C)nc3c2)cc1. The molecule has 1 amide bonds. The molecule has 0 saturated heterocycles. The number of oxazole rings is 1. The van der Waals surface area contributed by atoms with Crippen LogP contribution in [0.15, 0.2) is 58.4 Å². The molecule has 0 aliphatic heterocycles. The lowest BCUT2D eigenvalue weighted by Gasteiger charge is -2.11. The summed E-state index contributed by atoms with van der Waals surface area (Å²) in [6, 6.07) is 13.0. The molecule has 2 heterocycles. The third-order valence-corrected chi connectivity index (χ3v) is 5.46. The number of thioether (sulfide) groups is 1. The predicted octanol–water partition coefficient (Wildman–Crippen LogP) is 4.45. The molecule has 2 aromatic carbocycles. The van der Waals surface area contributed by atoms with Gasteiger partial charge < -0.3 is 14.5 Å². The van der Waals surface area contributed by atoms with Crippen LogP contribution in [0.5, 0.6) is 5.75 Å². The van der Waals surface area contributed by atoms with Crippen molar-refractivity contribution in [3.05, 3.63) is 54.7 Å². The van der Waals surface area contributed by atoms with Crippen molar-refractivity contribution in [3.8, 4) is 11.4 Å². The second-order valence-corrected chi connectivity index (χ2v) is 8.91. The molecule has 1 N–H and O–H groups in total. The Kier molecular flexibility index (Phi) is 5.69. The van der Waals surface area contributed by atoms with Crippen LogP contribution in [0.2, 0.25) is 0 Å². The zero-order valence-electron chi connectivity index (χ0n) is 17.7. The van der Waals surface area contributed by atoms with Crippen LogP contribution in [-0.4, -0.2) is 38.5 Å². The lowest BCUT2D eigenvalue weighted by Crippen LogP contribution is -2.14. The number of aromatic nitrogens is 4. The van der Waals surface area contributed by atoms with Gasteiger partial charge >= 0.3 is 0 Å². The number of methoxy groups -OCH3 is 1. The zero-order valence-corrected chi connectivity index (χ0v) is 18.6. The van der Waals surface area contributed by atoms with Gasteiger partial charge in [-0.2, -0.15) is 0 Å². The number of carbonyl (C=O) groups excluding carboxylic acids is 1. The van der Waals surface area contributed by atoms with Gasteiger partial charge in [-0.1, -0.05) is 32.5 Å². The van der Waals surface area contributed by atoms with Gasteiger partial charge in [0.05, 0.1) is 12.9 Å². The summed E-state index contributed by atoms with van der Waals surface area (Å²) < 4.78 is 12.8. The Hall–Kier alpha value is -3.33. The molecule has 0 radical (unpaired) electrons. The van der Waals surface area contributed by atoms with E-state index in [9.17, 15) is 4.79 Å². The molecule has 160 valence electrons. The highest BCUT2D eigenvalue weighted by Gasteiger charge is 2.21. The molecule has 0 spiro atoms. The van der Waals surface area contributed by atoms with E-state index >= 15 is 0 Å². The van der Waals surface area contributed by atoms with Gasteiger partial charge in [-0.15, -0.1) is 10.2 Å². The van der Waals surface area contributed by atoms with E-state index in [4.69, 9.17) is 9.15 Å². The summed E-state index contributed by atoms with van der Waals surface area (Å²) >= 11 is 1.31. The van der Waals surface area contributed by atoms with Gasteiger partial charge in [0.1, 0.15) is 17.6 Å². The molecule has 0 fully saturated rings. The summed E-state index contributed by atoms with van der Waals surface area (Å²) in [5.41, 5.74) is 2.79. The van der Waals surface area contributed by atoms with Gasteiger partial charge in [0.15, 0.2) is 10.7 Å². The minimum Gasteiger partial charge on any atom is -0.497 e. The van der Waals surface area contributed by atoms with Crippen molar-refractivity contribution in [1.29, 1.82) is 0 Å². The van der Waals surface area contributed by atoms with E-state index in [1.807, 2.05) is 67.8 Å². The van der Waals surface area contributed by atoms with Crippen LogP contribution in [0.4, 0.5) is 5.69 Å². The Morgan fingerprint density at radius 2 is 1.97 bits per heavy atom. The van der Waals surface area contributed by atoms with Crippen LogP contribution in [0, 0.1) is 0 Å². The number of nitrogens with one attached hydrogen (secondary N) is 1. The maximum atomic E-state index is 12.5. The molecular weight excluding hydrogens is 414 g/mol. The third kappa shape index (κ3) is 4.72. The number of carbonyl (C=O) groups is 1. The van der Waals surface area contributed by atoms with Gasteiger partial charge in [-0.05, 0) is 42.5 Å². The minimum absolute atomic E-state index is 0.145. The molecule has 9 heteroatoms. The van der Waals surface area contributed by atoms with Crippen molar-refractivity contribution >= 4 is 34.5 Å². The number of hydrogen-bond acceptors (Lipinski definition) is 7. The highest BCUT2D eigenvalue weighted by Crippen LogP contribution is 2.27. The number of hydrogen-bond donors (Lipinski definition) is 1. The summed E-state index contributed by atoms with van der Waals surface area (Å²) in [6.45, 7) is 6.13. The van der Waals surface area contributed by atoms with E-state index in [0.29, 0.717) is 22.3 Å². The second kappa shape index (κ2) is 8.43. The Morgan fingerprint density at radius 1 is 1.19 bits per heavy atom. The van der Waals surface area contributed by atoms with E-state index < -0.39 is 0 Å². The van der Waals surface area contributed by atoms with Crippen LogP contribution in [0.25, 0.3) is 16.8 Å². The van der Waals surface area contributed by atoms with Gasteiger partial charge in [-0.3, -0.25) is 9.36 Å². The Bertz CT molecular complexity index is 1210. The first-order valence-electron chi connectivity index (χ1n) is 9.71. The first-order valence-corrected chi connectivity index (χ1v) is 10.7. The summed E-state index contributed by atoms with van der Waals surface area (Å²) in [5.74, 6) is 1.48. The summed E-state index contributed by atoms with van der Waals surface area (Å²) in [6.07, 6.45) is 1.62. The Labute approximate surface area is 184 Å². The van der Waals surface area contributed by atoms with Crippen LogP contribution in [-0.2, 0) is 10.2 Å². The van der Waals surface area contributed by atoms with Gasteiger partial charge in [0.2, 0.25) is 11.8 Å². The second-order valence-electron chi connectivity index (χ2n) is 7.97. The van der Waals surface area contributed by atoms with Gasteiger partial charge in [0, 0.05) is 16.8 Å². The van der Waals surface area contributed by atoms with E-state index in [0.717, 1.165) is 17.0 Å². The van der Waals surface area contributed by atoms with E-state index in [1.165, 1.54) is 11.8 Å². The van der Waals surface area contributed by atoms with Crippen molar-refractivity contribution < 1.29 is 13.9 Å². The quantitative estimate of drug-likeness (QED) is 0.445. The van der Waals surface area contributed by atoms with Crippen molar-refractivity contribution in [3.63, 3.8) is 0 Å². The number of nitrogens with zero attached hydrogens (tertiary/aromatic N) is 4. The van der Waals surface area contributed by atoms with Crippen LogP contribution < -0.4 is 10.1 Å². The molecule has 0 aliphatic rings. The lowest BCUT2D eigenvalue weighted by molar-refractivity contribution is -0.113.